The van der Waals surface area contributed by atoms with Crippen LogP contribution in [0.2, 0.25) is 0 Å². The molecule has 3 N–H and O–H groups in total. The lowest BCUT2D eigenvalue weighted by Gasteiger charge is -2.00. The molecule has 1 rings (SSSR count). The van der Waals surface area contributed by atoms with Crippen molar-refractivity contribution in [3.8, 4) is 6.07 Å². The molecule has 0 aliphatic heterocycles. The predicted molar refractivity (Wildman–Crippen MR) is 34.4 cm³/mol. The number of nitrogens with zero attached hydrogens (tertiary/aromatic N) is 1. The molecule has 52 valence electrons. The van der Waals surface area contributed by atoms with Gasteiger partial charge >= 0.3 is 0 Å². The van der Waals surface area contributed by atoms with E-state index in [0.717, 1.165) is 0 Å². The molecule has 0 saturated carbocycles. The topological polar surface area (TPSA) is 75.0 Å². The molecule has 0 radical (unpaired) electrons. The quantitative estimate of drug-likeness (QED) is 0.454. The van der Waals surface area contributed by atoms with Crippen molar-refractivity contribution in [3.05, 3.63) is 24.2 Å². The molecular weight excluding hydrogens is 130 g/mol. The first kappa shape index (κ1) is 6.81. The van der Waals surface area contributed by atoms with E-state index < -0.39 is 6.04 Å². The maximum absolute atomic E-state index is 8.45. The van der Waals surface area contributed by atoms with Gasteiger partial charge in [-0.15, -0.1) is 0 Å². The Balaban J connectivity index is 2.76. The molecule has 0 amide bonds. The smallest absolute Gasteiger partial charge is 0.166 e. The van der Waals surface area contributed by atoms with Crippen molar-refractivity contribution in [1.82, 2.24) is 5.43 Å². The Morgan fingerprint density at radius 3 is 3.00 bits per heavy atom. The van der Waals surface area contributed by atoms with Crippen LogP contribution in [0.5, 0.6) is 0 Å². The molecule has 1 aromatic heterocycles. The SMILES string of the molecule is N#CC(NN)c1ccco1. The lowest BCUT2D eigenvalue weighted by molar-refractivity contribution is 0.463. The highest BCUT2D eigenvalue weighted by atomic mass is 16.3. The number of nitriles is 1. The Hall–Kier alpha value is -1.31. The maximum Gasteiger partial charge on any atom is 0.166 e. The van der Waals surface area contributed by atoms with Crippen molar-refractivity contribution in [2.45, 2.75) is 6.04 Å². The van der Waals surface area contributed by atoms with Crippen molar-refractivity contribution >= 4 is 0 Å². The van der Waals surface area contributed by atoms with Crippen LogP contribution in [0, 0.1) is 11.3 Å². The van der Waals surface area contributed by atoms with Gasteiger partial charge in [-0.2, -0.15) is 5.26 Å². The van der Waals surface area contributed by atoms with Crippen molar-refractivity contribution in [1.29, 1.82) is 5.26 Å². The summed E-state index contributed by atoms with van der Waals surface area (Å²) in [4.78, 5) is 0. The first-order valence-electron chi connectivity index (χ1n) is 2.77. The summed E-state index contributed by atoms with van der Waals surface area (Å²) in [5, 5.41) is 8.45. The largest absolute Gasteiger partial charge is 0.466 e. The molecule has 1 aromatic rings. The summed E-state index contributed by atoms with van der Waals surface area (Å²) in [6.07, 6.45) is 1.50. The summed E-state index contributed by atoms with van der Waals surface area (Å²) >= 11 is 0. The zero-order valence-electron chi connectivity index (χ0n) is 5.24. The lowest BCUT2D eigenvalue weighted by Crippen LogP contribution is -2.26. The van der Waals surface area contributed by atoms with Crippen molar-refractivity contribution in [2.75, 3.05) is 0 Å². The molecule has 0 saturated heterocycles. The summed E-state index contributed by atoms with van der Waals surface area (Å²) in [5.41, 5.74) is 2.30. The van der Waals surface area contributed by atoms with Crippen LogP contribution in [0.4, 0.5) is 0 Å². The van der Waals surface area contributed by atoms with E-state index in [0.29, 0.717) is 5.76 Å². The minimum atomic E-state index is -0.546. The van der Waals surface area contributed by atoms with Crippen LogP contribution >= 0.6 is 0 Å². The van der Waals surface area contributed by atoms with Gasteiger partial charge in [-0.25, -0.2) is 5.43 Å². The van der Waals surface area contributed by atoms with Gasteiger partial charge < -0.3 is 4.42 Å². The Kier molecular flexibility index (Phi) is 2.05. The van der Waals surface area contributed by atoms with Crippen LogP contribution in [0.15, 0.2) is 22.8 Å². The number of hydrogen-bond donors (Lipinski definition) is 2. The van der Waals surface area contributed by atoms with E-state index in [1.807, 2.05) is 6.07 Å². The van der Waals surface area contributed by atoms with Gasteiger partial charge in [0.25, 0.3) is 0 Å². The average Bonchev–Trinajstić information content (AvgIpc) is 2.43. The Bertz CT molecular complexity index is 224. The third kappa shape index (κ3) is 1.16. The highest BCUT2D eigenvalue weighted by molar-refractivity contribution is 5.11. The van der Waals surface area contributed by atoms with Crippen molar-refractivity contribution in [3.63, 3.8) is 0 Å². The van der Waals surface area contributed by atoms with Gasteiger partial charge in [-0.05, 0) is 12.1 Å². The number of nitrogens with two attached hydrogens (primary N) is 1. The summed E-state index contributed by atoms with van der Waals surface area (Å²) < 4.78 is 4.91. The second-order valence-electron chi connectivity index (χ2n) is 1.74. The van der Waals surface area contributed by atoms with Crippen molar-refractivity contribution in [2.24, 2.45) is 5.84 Å². The van der Waals surface area contributed by atoms with Gasteiger partial charge in [0.1, 0.15) is 5.76 Å². The minimum Gasteiger partial charge on any atom is -0.466 e. The number of rotatable bonds is 2. The van der Waals surface area contributed by atoms with Crippen LogP contribution in [-0.4, -0.2) is 0 Å². The second kappa shape index (κ2) is 3.01. The van der Waals surface area contributed by atoms with Crippen LogP contribution in [0.3, 0.4) is 0 Å². The van der Waals surface area contributed by atoms with Gasteiger partial charge in [-0.3, -0.25) is 5.84 Å². The molecule has 0 aromatic carbocycles. The number of hydrazine groups is 1. The van der Waals surface area contributed by atoms with Gasteiger partial charge in [0.2, 0.25) is 0 Å². The summed E-state index contributed by atoms with van der Waals surface area (Å²) in [6, 6.07) is 4.77. The Labute approximate surface area is 58.2 Å². The molecule has 1 heterocycles. The molecule has 0 aliphatic rings. The first-order chi connectivity index (χ1) is 4.88. The zero-order chi connectivity index (χ0) is 7.40. The molecule has 0 spiro atoms. The summed E-state index contributed by atoms with van der Waals surface area (Å²) in [5.74, 6) is 5.57. The molecule has 4 nitrogen and oxygen atoms in total. The van der Waals surface area contributed by atoms with E-state index >= 15 is 0 Å². The normalized spacial score (nSPS) is 12.4. The Morgan fingerprint density at radius 2 is 2.60 bits per heavy atom. The standard InChI is InChI=1S/C6H7N3O/c7-4-5(9-8)6-2-1-3-10-6/h1-3,5,9H,8H2. The zero-order valence-corrected chi connectivity index (χ0v) is 5.24. The van der Waals surface area contributed by atoms with E-state index in [9.17, 15) is 0 Å². The highest BCUT2D eigenvalue weighted by Gasteiger charge is 2.08. The summed E-state index contributed by atoms with van der Waals surface area (Å²) in [7, 11) is 0. The summed E-state index contributed by atoms with van der Waals surface area (Å²) in [6.45, 7) is 0. The average molecular weight is 137 g/mol. The molecule has 1 atom stereocenters. The maximum atomic E-state index is 8.45. The number of furan rings is 1. The van der Waals surface area contributed by atoms with Crippen LogP contribution in [0.25, 0.3) is 0 Å². The van der Waals surface area contributed by atoms with E-state index in [4.69, 9.17) is 15.5 Å². The third-order valence-electron chi connectivity index (χ3n) is 1.12. The first-order valence-corrected chi connectivity index (χ1v) is 2.77. The second-order valence-corrected chi connectivity index (χ2v) is 1.74. The highest BCUT2D eigenvalue weighted by Crippen LogP contribution is 2.09. The van der Waals surface area contributed by atoms with Crippen molar-refractivity contribution < 1.29 is 4.42 Å². The molecule has 4 heteroatoms. The molecule has 1 unspecified atom stereocenters. The molecule has 0 fully saturated rings. The fraction of sp³-hybridized carbons (Fsp3) is 0.167. The van der Waals surface area contributed by atoms with Gasteiger partial charge in [0, 0.05) is 0 Å². The minimum absolute atomic E-state index is 0.532. The van der Waals surface area contributed by atoms with Gasteiger partial charge in [0.05, 0.1) is 12.3 Å². The molecular formula is C6H7N3O. The Morgan fingerprint density at radius 1 is 1.80 bits per heavy atom. The van der Waals surface area contributed by atoms with Gasteiger partial charge in [-0.1, -0.05) is 0 Å². The van der Waals surface area contributed by atoms with Crippen LogP contribution in [-0.2, 0) is 0 Å². The fourth-order valence-corrected chi connectivity index (χ4v) is 0.639. The number of hydrogen-bond acceptors (Lipinski definition) is 4. The van der Waals surface area contributed by atoms with E-state index in [1.165, 1.54) is 6.26 Å². The monoisotopic (exact) mass is 137 g/mol. The molecule has 10 heavy (non-hydrogen) atoms. The lowest BCUT2D eigenvalue weighted by atomic mass is 10.3. The fourth-order valence-electron chi connectivity index (χ4n) is 0.639. The van der Waals surface area contributed by atoms with E-state index in [-0.39, 0.29) is 0 Å². The van der Waals surface area contributed by atoms with E-state index in [1.54, 1.807) is 12.1 Å². The van der Waals surface area contributed by atoms with Crippen LogP contribution < -0.4 is 11.3 Å². The predicted octanol–water partition coefficient (Wildman–Crippen LogP) is 0.308. The van der Waals surface area contributed by atoms with Gasteiger partial charge in [0.15, 0.2) is 6.04 Å². The third-order valence-corrected chi connectivity index (χ3v) is 1.12. The molecule has 0 bridgehead atoms. The van der Waals surface area contributed by atoms with Crippen LogP contribution in [0.1, 0.15) is 11.8 Å². The molecule has 0 aliphatic carbocycles. The number of nitrogens with one attached hydrogen (secondary N) is 1. The van der Waals surface area contributed by atoms with E-state index in [2.05, 4.69) is 5.43 Å².